The normalized spacial score (nSPS) is 10.5. The fourth-order valence-corrected chi connectivity index (χ4v) is 2.01. The molecule has 9 heteroatoms. The van der Waals surface area contributed by atoms with Crippen LogP contribution < -0.4 is 5.73 Å². The zero-order valence-corrected chi connectivity index (χ0v) is 11.9. The van der Waals surface area contributed by atoms with Crippen molar-refractivity contribution in [3.05, 3.63) is 38.3 Å². The first-order valence-corrected chi connectivity index (χ1v) is 6.24. The van der Waals surface area contributed by atoms with E-state index in [0.717, 1.165) is 0 Å². The number of benzene rings is 1. The lowest BCUT2D eigenvalue weighted by Gasteiger charge is -2.18. The van der Waals surface area contributed by atoms with E-state index in [0.29, 0.717) is 10.0 Å². The molecule has 8 nitrogen and oxygen atoms in total. The van der Waals surface area contributed by atoms with E-state index in [1.807, 2.05) is 0 Å². The van der Waals surface area contributed by atoms with Gasteiger partial charge in [0.2, 0.25) is 5.91 Å². The van der Waals surface area contributed by atoms with Crippen molar-refractivity contribution in [2.75, 3.05) is 13.1 Å². The molecule has 0 aromatic heterocycles. The largest absolute Gasteiger partial charge is 0.480 e. The number of nitro benzene ring substituents is 1. The van der Waals surface area contributed by atoms with Gasteiger partial charge in [0.05, 0.1) is 18.0 Å². The van der Waals surface area contributed by atoms with E-state index >= 15 is 0 Å². The molecule has 0 atom stereocenters. The molecule has 108 valence electrons. The Morgan fingerprint density at radius 2 is 2.05 bits per heavy atom. The standard InChI is InChI=1S/C11H12BrN3O5/c12-8-2-1-7(9(3-8)15(19)20)4-14(5-10(13)16)6-11(17)18/h1-3H,4-6H2,(H2,13,16)(H,17,18). The lowest BCUT2D eigenvalue weighted by atomic mass is 10.1. The number of primary amides is 1. The minimum Gasteiger partial charge on any atom is -0.480 e. The van der Waals surface area contributed by atoms with Gasteiger partial charge in [-0.1, -0.05) is 15.9 Å². The second kappa shape index (κ2) is 6.96. The number of rotatable bonds is 7. The number of carboxylic acids is 1. The summed E-state index contributed by atoms with van der Waals surface area (Å²) in [7, 11) is 0. The van der Waals surface area contributed by atoms with Crippen LogP contribution in [0.3, 0.4) is 0 Å². The first kappa shape index (κ1) is 16.1. The van der Waals surface area contributed by atoms with Gasteiger partial charge in [-0.15, -0.1) is 0 Å². The van der Waals surface area contributed by atoms with Crippen LogP contribution >= 0.6 is 15.9 Å². The van der Waals surface area contributed by atoms with E-state index in [-0.39, 0.29) is 18.8 Å². The number of nitrogens with two attached hydrogens (primary N) is 1. The highest BCUT2D eigenvalue weighted by atomic mass is 79.9. The fraction of sp³-hybridized carbons (Fsp3) is 0.273. The number of amides is 1. The summed E-state index contributed by atoms with van der Waals surface area (Å²) in [4.78, 5) is 33.2. The Kier molecular flexibility index (Phi) is 5.59. The van der Waals surface area contributed by atoms with Crippen LogP contribution in [0.4, 0.5) is 5.69 Å². The molecule has 0 aliphatic carbocycles. The van der Waals surface area contributed by atoms with Gasteiger partial charge in [-0.05, 0) is 12.1 Å². The van der Waals surface area contributed by atoms with Crippen LogP contribution in [0.25, 0.3) is 0 Å². The Labute approximate surface area is 122 Å². The van der Waals surface area contributed by atoms with Crippen LogP contribution in [-0.2, 0) is 16.1 Å². The summed E-state index contributed by atoms with van der Waals surface area (Å²) in [5, 5.41) is 19.7. The van der Waals surface area contributed by atoms with Crippen molar-refractivity contribution in [2.45, 2.75) is 6.54 Å². The molecule has 0 unspecified atom stereocenters. The van der Waals surface area contributed by atoms with Crippen LogP contribution in [0.2, 0.25) is 0 Å². The third-order valence-electron chi connectivity index (χ3n) is 2.38. The molecule has 0 spiro atoms. The number of nitro groups is 1. The predicted octanol–water partition coefficient (Wildman–Crippen LogP) is 0.729. The summed E-state index contributed by atoms with van der Waals surface area (Å²) in [6.07, 6.45) is 0. The van der Waals surface area contributed by atoms with E-state index in [2.05, 4.69) is 15.9 Å². The van der Waals surface area contributed by atoms with Crippen molar-refractivity contribution in [2.24, 2.45) is 5.73 Å². The molecule has 1 aromatic rings. The van der Waals surface area contributed by atoms with Gasteiger partial charge in [-0.2, -0.15) is 0 Å². The molecule has 1 rings (SSSR count). The summed E-state index contributed by atoms with van der Waals surface area (Å²) in [5.41, 5.74) is 5.18. The molecule has 0 saturated carbocycles. The monoisotopic (exact) mass is 345 g/mol. The molecule has 0 saturated heterocycles. The Bertz CT molecular complexity index is 533. The first-order valence-electron chi connectivity index (χ1n) is 5.45. The third kappa shape index (κ3) is 4.94. The summed E-state index contributed by atoms with van der Waals surface area (Å²) in [6, 6.07) is 4.42. The smallest absolute Gasteiger partial charge is 0.317 e. The highest BCUT2D eigenvalue weighted by Gasteiger charge is 2.19. The number of hydrogen-bond donors (Lipinski definition) is 2. The first-order chi connectivity index (χ1) is 9.29. The van der Waals surface area contributed by atoms with E-state index in [1.165, 1.54) is 17.0 Å². The summed E-state index contributed by atoms with van der Waals surface area (Å²) in [5.74, 6) is -1.85. The van der Waals surface area contributed by atoms with Crippen molar-refractivity contribution in [3.63, 3.8) is 0 Å². The average Bonchev–Trinajstić information content (AvgIpc) is 2.29. The number of nitrogens with zero attached hydrogens (tertiary/aromatic N) is 2. The molecule has 0 fully saturated rings. The lowest BCUT2D eigenvalue weighted by Crippen LogP contribution is -2.37. The molecule has 0 bridgehead atoms. The van der Waals surface area contributed by atoms with Gasteiger partial charge < -0.3 is 10.8 Å². The van der Waals surface area contributed by atoms with Gasteiger partial charge >= 0.3 is 5.97 Å². The van der Waals surface area contributed by atoms with Gasteiger partial charge in [0.25, 0.3) is 5.69 Å². The van der Waals surface area contributed by atoms with Crippen LogP contribution in [0.1, 0.15) is 5.56 Å². The van der Waals surface area contributed by atoms with Gasteiger partial charge in [0, 0.05) is 22.6 Å². The molecule has 3 N–H and O–H groups in total. The molecular formula is C11H12BrN3O5. The topological polar surface area (TPSA) is 127 Å². The Morgan fingerprint density at radius 3 is 2.55 bits per heavy atom. The molecule has 0 aliphatic rings. The van der Waals surface area contributed by atoms with Crippen molar-refractivity contribution >= 4 is 33.5 Å². The van der Waals surface area contributed by atoms with Crippen molar-refractivity contribution in [1.29, 1.82) is 0 Å². The highest BCUT2D eigenvalue weighted by Crippen LogP contribution is 2.24. The third-order valence-corrected chi connectivity index (χ3v) is 2.87. The Hall–Kier alpha value is -2.00. The summed E-state index contributed by atoms with van der Waals surface area (Å²) in [6.45, 7) is -0.783. The molecule has 20 heavy (non-hydrogen) atoms. The predicted molar refractivity (Wildman–Crippen MR) is 72.9 cm³/mol. The average molecular weight is 346 g/mol. The molecule has 1 aromatic carbocycles. The maximum Gasteiger partial charge on any atom is 0.317 e. The fourth-order valence-electron chi connectivity index (χ4n) is 1.66. The van der Waals surface area contributed by atoms with Crippen molar-refractivity contribution < 1.29 is 19.6 Å². The SMILES string of the molecule is NC(=O)CN(CC(=O)O)Cc1ccc(Br)cc1[N+](=O)[O-]. The van der Waals surface area contributed by atoms with Gasteiger partial charge in [-0.25, -0.2) is 0 Å². The number of aliphatic carboxylic acids is 1. The Balaban J connectivity index is 3.00. The van der Waals surface area contributed by atoms with Crippen molar-refractivity contribution in [1.82, 2.24) is 4.90 Å². The summed E-state index contributed by atoms with van der Waals surface area (Å²) >= 11 is 3.13. The number of carboxylic acid groups (broad SMARTS) is 1. The van der Waals surface area contributed by atoms with E-state index in [1.54, 1.807) is 6.07 Å². The molecular weight excluding hydrogens is 334 g/mol. The molecule has 1 amide bonds. The van der Waals surface area contributed by atoms with Crippen LogP contribution in [0.5, 0.6) is 0 Å². The minimum atomic E-state index is -1.15. The minimum absolute atomic E-state index is 0.0567. The van der Waals surface area contributed by atoms with Crippen LogP contribution in [-0.4, -0.2) is 39.9 Å². The van der Waals surface area contributed by atoms with E-state index in [4.69, 9.17) is 10.8 Å². The Morgan fingerprint density at radius 1 is 1.40 bits per heavy atom. The van der Waals surface area contributed by atoms with Gasteiger partial charge in [0.1, 0.15) is 0 Å². The highest BCUT2D eigenvalue weighted by molar-refractivity contribution is 9.10. The van der Waals surface area contributed by atoms with E-state index in [9.17, 15) is 19.7 Å². The lowest BCUT2D eigenvalue weighted by molar-refractivity contribution is -0.385. The van der Waals surface area contributed by atoms with Crippen molar-refractivity contribution in [3.8, 4) is 0 Å². The number of hydrogen-bond acceptors (Lipinski definition) is 5. The van der Waals surface area contributed by atoms with E-state index < -0.39 is 23.3 Å². The maximum absolute atomic E-state index is 11.0. The number of carbonyl (C=O) groups is 2. The zero-order chi connectivity index (χ0) is 15.3. The zero-order valence-electron chi connectivity index (χ0n) is 10.3. The molecule has 0 aliphatic heterocycles. The summed E-state index contributed by atoms with van der Waals surface area (Å²) < 4.78 is 0.535. The second-order valence-electron chi connectivity index (χ2n) is 4.04. The van der Waals surface area contributed by atoms with Gasteiger partial charge in [0.15, 0.2) is 0 Å². The number of carbonyl (C=O) groups excluding carboxylic acids is 1. The van der Waals surface area contributed by atoms with Crippen LogP contribution in [0, 0.1) is 10.1 Å². The molecule has 0 radical (unpaired) electrons. The number of halogens is 1. The molecule has 0 heterocycles. The van der Waals surface area contributed by atoms with Crippen LogP contribution in [0.15, 0.2) is 22.7 Å². The quantitative estimate of drug-likeness (QED) is 0.553. The maximum atomic E-state index is 11.0. The van der Waals surface area contributed by atoms with Gasteiger partial charge in [-0.3, -0.25) is 24.6 Å². The second-order valence-corrected chi connectivity index (χ2v) is 4.95.